The summed E-state index contributed by atoms with van der Waals surface area (Å²) in [7, 11) is 0. The number of thioether (sulfide) groups is 1. The van der Waals surface area contributed by atoms with E-state index in [1.165, 1.54) is 11.5 Å². The topological polar surface area (TPSA) is 51.8 Å². The first kappa shape index (κ1) is 9.48. The molecule has 0 saturated carbocycles. The zero-order valence-corrected chi connectivity index (χ0v) is 9.23. The Morgan fingerprint density at radius 1 is 1.29 bits per heavy atom. The Bertz CT molecular complexity index is 422. The molecule has 1 heterocycles. The summed E-state index contributed by atoms with van der Waals surface area (Å²) in [6.45, 7) is 0. The molecule has 0 aliphatic rings. The summed E-state index contributed by atoms with van der Waals surface area (Å²) in [5.41, 5.74) is 7.36. The van der Waals surface area contributed by atoms with E-state index in [0.29, 0.717) is 0 Å². The third kappa shape index (κ3) is 1.88. The molecule has 5 heteroatoms. The molecule has 0 spiro atoms. The first-order valence-corrected chi connectivity index (χ1v) is 6.03. The van der Waals surface area contributed by atoms with Crippen molar-refractivity contribution in [2.75, 3.05) is 12.0 Å². The Morgan fingerprint density at radius 3 is 2.57 bits per heavy atom. The van der Waals surface area contributed by atoms with Crippen LogP contribution in [0.1, 0.15) is 0 Å². The van der Waals surface area contributed by atoms with Crippen LogP contribution in [0.4, 0.5) is 5.69 Å². The number of rotatable bonds is 2. The summed E-state index contributed by atoms with van der Waals surface area (Å²) in [5.74, 6) is 0.777. The van der Waals surface area contributed by atoms with E-state index in [1.54, 1.807) is 11.8 Å². The summed E-state index contributed by atoms with van der Waals surface area (Å²) >= 11 is 3.03. The Balaban J connectivity index is 2.34. The molecule has 1 aromatic heterocycles. The van der Waals surface area contributed by atoms with Gasteiger partial charge in [0.15, 0.2) is 10.2 Å². The number of anilines is 1. The SMILES string of the molecule is CSc1nc(-c2ccc(N)cc2)ns1. The molecule has 2 aromatic rings. The van der Waals surface area contributed by atoms with Crippen LogP contribution in [-0.4, -0.2) is 15.6 Å². The fourth-order valence-corrected chi connectivity index (χ4v) is 2.07. The highest BCUT2D eigenvalue weighted by molar-refractivity contribution is 8.00. The van der Waals surface area contributed by atoms with Crippen LogP contribution in [0.3, 0.4) is 0 Å². The highest BCUT2D eigenvalue weighted by Crippen LogP contribution is 2.23. The van der Waals surface area contributed by atoms with Crippen molar-refractivity contribution in [3.05, 3.63) is 24.3 Å². The molecule has 0 aliphatic carbocycles. The Hall–Kier alpha value is -1.07. The average Bonchev–Trinajstić information content (AvgIpc) is 2.67. The molecular formula is C9H9N3S2. The first-order chi connectivity index (χ1) is 6.79. The van der Waals surface area contributed by atoms with Crippen molar-refractivity contribution >= 4 is 29.0 Å². The highest BCUT2D eigenvalue weighted by Gasteiger charge is 2.04. The zero-order chi connectivity index (χ0) is 9.97. The maximum absolute atomic E-state index is 5.59. The van der Waals surface area contributed by atoms with E-state index in [0.717, 1.165) is 21.4 Å². The average molecular weight is 223 g/mol. The van der Waals surface area contributed by atoms with Crippen molar-refractivity contribution in [2.45, 2.75) is 4.34 Å². The maximum Gasteiger partial charge on any atom is 0.174 e. The van der Waals surface area contributed by atoms with Crippen LogP contribution in [0.5, 0.6) is 0 Å². The van der Waals surface area contributed by atoms with E-state index < -0.39 is 0 Å². The lowest BCUT2D eigenvalue weighted by Crippen LogP contribution is -1.84. The summed E-state index contributed by atoms with van der Waals surface area (Å²) in [6, 6.07) is 7.58. The molecule has 2 rings (SSSR count). The number of nitrogen functional groups attached to an aromatic ring is 1. The van der Waals surface area contributed by atoms with Gasteiger partial charge in [-0.25, -0.2) is 4.98 Å². The van der Waals surface area contributed by atoms with Crippen molar-refractivity contribution < 1.29 is 0 Å². The molecule has 0 amide bonds. The van der Waals surface area contributed by atoms with Crippen molar-refractivity contribution in [1.29, 1.82) is 0 Å². The molecule has 0 atom stereocenters. The Labute approximate surface area is 90.5 Å². The molecule has 0 unspecified atom stereocenters. The zero-order valence-electron chi connectivity index (χ0n) is 7.60. The van der Waals surface area contributed by atoms with Crippen LogP contribution in [0.15, 0.2) is 28.6 Å². The maximum atomic E-state index is 5.59. The predicted octanol–water partition coefficient (Wildman–Crippen LogP) is 2.51. The lowest BCUT2D eigenvalue weighted by atomic mass is 10.2. The van der Waals surface area contributed by atoms with Gasteiger partial charge in [0.25, 0.3) is 0 Å². The smallest absolute Gasteiger partial charge is 0.174 e. The number of aromatic nitrogens is 2. The Morgan fingerprint density at radius 2 is 2.00 bits per heavy atom. The molecule has 2 N–H and O–H groups in total. The van der Waals surface area contributed by atoms with Gasteiger partial charge >= 0.3 is 0 Å². The van der Waals surface area contributed by atoms with Gasteiger partial charge in [0.2, 0.25) is 0 Å². The molecule has 0 saturated heterocycles. The molecule has 0 fully saturated rings. The van der Waals surface area contributed by atoms with Crippen LogP contribution < -0.4 is 5.73 Å². The monoisotopic (exact) mass is 223 g/mol. The van der Waals surface area contributed by atoms with Gasteiger partial charge in [-0.3, -0.25) is 0 Å². The third-order valence-electron chi connectivity index (χ3n) is 1.75. The lowest BCUT2D eigenvalue weighted by Gasteiger charge is -1.95. The minimum atomic E-state index is 0.758. The first-order valence-electron chi connectivity index (χ1n) is 4.03. The summed E-state index contributed by atoms with van der Waals surface area (Å²) in [6.07, 6.45) is 1.99. The second-order valence-corrected chi connectivity index (χ2v) is 4.52. The van der Waals surface area contributed by atoms with Crippen LogP contribution in [-0.2, 0) is 0 Å². The number of hydrogen-bond donors (Lipinski definition) is 1. The minimum Gasteiger partial charge on any atom is -0.399 e. The van der Waals surface area contributed by atoms with Gasteiger partial charge in [0.05, 0.1) is 0 Å². The predicted molar refractivity (Wildman–Crippen MR) is 61.5 cm³/mol. The third-order valence-corrected chi connectivity index (χ3v) is 3.43. The largest absolute Gasteiger partial charge is 0.399 e. The Kier molecular flexibility index (Phi) is 2.69. The van der Waals surface area contributed by atoms with Gasteiger partial charge in [-0.05, 0) is 42.1 Å². The lowest BCUT2D eigenvalue weighted by molar-refractivity contribution is 1.22. The van der Waals surface area contributed by atoms with Gasteiger partial charge < -0.3 is 5.73 Å². The van der Waals surface area contributed by atoms with E-state index >= 15 is 0 Å². The van der Waals surface area contributed by atoms with Crippen LogP contribution in [0, 0.1) is 0 Å². The van der Waals surface area contributed by atoms with E-state index in [4.69, 9.17) is 5.73 Å². The van der Waals surface area contributed by atoms with Gasteiger partial charge in [-0.1, -0.05) is 11.8 Å². The number of benzene rings is 1. The number of hydrogen-bond acceptors (Lipinski definition) is 5. The molecular weight excluding hydrogens is 214 g/mol. The number of nitrogens with two attached hydrogens (primary N) is 1. The van der Waals surface area contributed by atoms with Gasteiger partial charge in [-0.15, -0.1) is 0 Å². The normalized spacial score (nSPS) is 10.4. The fraction of sp³-hybridized carbons (Fsp3) is 0.111. The second-order valence-electron chi connectivity index (χ2n) is 2.71. The van der Waals surface area contributed by atoms with Crippen LogP contribution >= 0.6 is 23.3 Å². The van der Waals surface area contributed by atoms with Gasteiger partial charge in [0, 0.05) is 11.3 Å². The van der Waals surface area contributed by atoms with Crippen molar-refractivity contribution in [3.8, 4) is 11.4 Å². The molecule has 0 aliphatic heterocycles. The van der Waals surface area contributed by atoms with Gasteiger partial charge in [0.1, 0.15) is 0 Å². The molecule has 14 heavy (non-hydrogen) atoms. The van der Waals surface area contributed by atoms with Crippen LogP contribution in [0.25, 0.3) is 11.4 Å². The van der Waals surface area contributed by atoms with Crippen LogP contribution in [0.2, 0.25) is 0 Å². The molecule has 72 valence electrons. The molecule has 0 bridgehead atoms. The second kappa shape index (κ2) is 3.98. The van der Waals surface area contributed by atoms with E-state index in [-0.39, 0.29) is 0 Å². The summed E-state index contributed by atoms with van der Waals surface area (Å²) in [5, 5.41) is 0. The quantitative estimate of drug-likeness (QED) is 0.628. The van der Waals surface area contributed by atoms with E-state index in [9.17, 15) is 0 Å². The molecule has 3 nitrogen and oxygen atoms in total. The summed E-state index contributed by atoms with van der Waals surface area (Å²) in [4.78, 5) is 4.36. The van der Waals surface area contributed by atoms with Crippen molar-refractivity contribution in [2.24, 2.45) is 0 Å². The standard InChI is InChI=1S/C9H9N3S2/c1-13-9-11-8(12-14-9)6-2-4-7(10)5-3-6/h2-5H,10H2,1H3. The highest BCUT2D eigenvalue weighted by atomic mass is 32.2. The van der Waals surface area contributed by atoms with E-state index in [1.807, 2.05) is 30.5 Å². The van der Waals surface area contributed by atoms with Gasteiger partial charge in [-0.2, -0.15) is 4.37 Å². The molecule has 1 aromatic carbocycles. The summed E-state index contributed by atoms with van der Waals surface area (Å²) < 4.78 is 5.24. The number of nitrogens with zero attached hydrogens (tertiary/aromatic N) is 2. The van der Waals surface area contributed by atoms with Crippen molar-refractivity contribution in [3.63, 3.8) is 0 Å². The molecule has 0 radical (unpaired) electrons. The fourth-order valence-electron chi connectivity index (χ4n) is 1.04. The minimum absolute atomic E-state index is 0.758. The van der Waals surface area contributed by atoms with E-state index in [2.05, 4.69) is 9.36 Å². The van der Waals surface area contributed by atoms with Crippen molar-refractivity contribution in [1.82, 2.24) is 9.36 Å².